The van der Waals surface area contributed by atoms with Crippen LogP contribution in [0.15, 0.2) is 45.7 Å². The van der Waals surface area contributed by atoms with E-state index < -0.39 is 23.2 Å². The van der Waals surface area contributed by atoms with E-state index in [1.807, 2.05) is 0 Å². The van der Waals surface area contributed by atoms with Crippen LogP contribution in [0.25, 0.3) is 5.69 Å². The summed E-state index contributed by atoms with van der Waals surface area (Å²) in [6, 6.07) is 7.12. The first-order valence-electron chi connectivity index (χ1n) is 8.50. The summed E-state index contributed by atoms with van der Waals surface area (Å²) in [6.07, 6.45) is 0. The summed E-state index contributed by atoms with van der Waals surface area (Å²) in [5.74, 6) is -2.32. The highest BCUT2D eigenvalue weighted by molar-refractivity contribution is 9.10. The summed E-state index contributed by atoms with van der Waals surface area (Å²) >= 11 is 3.13. The third kappa shape index (κ3) is 4.18. The smallest absolute Gasteiger partial charge is 0.335 e. The van der Waals surface area contributed by atoms with Crippen molar-refractivity contribution >= 4 is 21.9 Å². The number of halogens is 3. The topological polar surface area (TPSA) is 90.7 Å². The van der Waals surface area contributed by atoms with Crippen molar-refractivity contribution in [3.8, 4) is 17.3 Å². The molecule has 0 aliphatic rings. The first-order chi connectivity index (χ1) is 14.2. The maximum absolute atomic E-state index is 13.8. The number of ether oxygens (including phenoxy) is 2. The molecule has 10 heteroatoms. The third-order valence-corrected chi connectivity index (χ3v) is 4.89. The van der Waals surface area contributed by atoms with Gasteiger partial charge in [-0.2, -0.15) is 4.98 Å². The van der Waals surface area contributed by atoms with Gasteiger partial charge in [0.25, 0.3) is 5.56 Å². The molecule has 0 radical (unpaired) electrons. The highest BCUT2D eigenvalue weighted by Crippen LogP contribution is 2.27. The Balaban J connectivity index is 2.02. The van der Waals surface area contributed by atoms with E-state index in [1.54, 1.807) is 0 Å². The van der Waals surface area contributed by atoms with Crippen molar-refractivity contribution in [2.75, 3.05) is 7.11 Å². The SMILES string of the molecule is COc1ccc(C(=O)O)cc1-n1c(C)nc(OCc2ccc(F)cc2F)c(Br)c1=O. The highest BCUT2D eigenvalue weighted by Gasteiger charge is 2.19. The zero-order valence-electron chi connectivity index (χ0n) is 15.8. The Morgan fingerprint density at radius 3 is 2.60 bits per heavy atom. The van der Waals surface area contributed by atoms with Gasteiger partial charge >= 0.3 is 5.97 Å². The standard InChI is InChI=1S/C20H15BrF2N2O5/c1-10-24-18(30-9-12-3-5-13(22)8-14(12)23)17(21)19(26)25(10)15-7-11(20(27)28)4-6-16(15)29-2/h3-8H,9H2,1-2H3,(H,27,28). The number of hydrogen-bond acceptors (Lipinski definition) is 5. The number of aryl methyl sites for hydroxylation is 1. The van der Waals surface area contributed by atoms with Gasteiger partial charge in [-0.25, -0.2) is 13.6 Å². The lowest BCUT2D eigenvalue weighted by Crippen LogP contribution is -2.24. The number of rotatable bonds is 6. The highest BCUT2D eigenvalue weighted by atomic mass is 79.9. The van der Waals surface area contributed by atoms with Gasteiger partial charge in [0.2, 0.25) is 5.88 Å². The molecule has 156 valence electrons. The van der Waals surface area contributed by atoms with Crippen molar-refractivity contribution in [3.05, 3.63) is 79.8 Å². The Morgan fingerprint density at radius 2 is 1.97 bits per heavy atom. The van der Waals surface area contributed by atoms with E-state index in [0.717, 1.165) is 12.1 Å². The van der Waals surface area contributed by atoms with Gasteiger partial charge in [-0.3, -0.25) is 9.36 Å². The second kappa shape index (κ2) is 8.62. The molecule has 3 rings (SSSR count). The Bertz CT molecular complexity index is 1200. The lowest BCUT2D eigenvalue weighted by molar-refractivity contribution is 0.0696. The lowest BCUT2D eigenvalue weighted by Gasteiger charge is -2.16. The van der Waals surface area contributed by atoms with E-state index in [9.17, 15) is 23.5 Å². The van der Waals surface area contributed by atoms with E-state index in [2.05, 4.69) is 20.9 Å². The van der Waals surface area contributed by atoms with Crippen molar-refractivity contribution in [3.63, 3.8) is 0 Å². The van der Waals surface area contributed by atoms with Crippen LogP contribution < -0.4 is 15.0 Å². The summed E-state index contributed by atoms with van der Waals surface area (Å²) in [6.45, 7) is 1.24. The average molecular weight is 481 g/mol. The quantitative estimate of drug-likeness (QED) is 0.575. The number of carboxylic acid groups (broad SMARTS) is 1. The van der Waals surface area contributed by atoms with E-state index in [0.29, 0.717) is 0 Å². The number of hydrogen-bond donors (Lipinski definition) is 1. The molecule has 0 spiro atoms. The molecule has 1 aromatic heterocycles. The maximum Gasteiger partial charge on any atom is 0.335 e. The van der Waals surface area contributed by atoms with Gasteiger partial charge in [-0.15, -0.1) is 0 Å². The van der Waals surface area contributed by atoms with E-state index in [4.69, 9.17) is 9.47 Å². The Hall–Kier alpha value is -3.27. The van der Waals surface area contributed by atoms with Gasteiger partial charge in [0.05, 0.1) is 18.4 Å². The van der Waals surface area contributed by atoms with Crippen LogP contribution in [0.2, 0.25) is 0 Å². The average Bonchev–Trinajstić information content (AvgIpc) is 2.70. The fraction of sp³-hybridized carbons (Fsp3) is 0.150. The molecule has 1 N–H and O–H groups in total. The summed E-state index contributed by atoms with van der Waals surface area (Å²) in [5, 5.41) is 9.25. The van der Waals surface area contributed by atoms with Gasteiger partial charge < -0.3 is 14.6 Å². The number of aromatic carboxylic acids is 1. The lowest BCUT2D eigenvalue weighted by atomic mass is 10.2. The molecule has 7 nitrogen and oxygen atoms in total. The van der Waals surface area contributed by atoms with Gasteiger partial charge in [-0.1, -0.05) is 0 Å². The summed E-state index contributed by atoms with van der Waals surface area (Å²) in [5.41, 5.74) is -0.356. The van der Waals surface area contributed by atoms with Crippen molar-refractivity contribution < 1.29 is 28.2 Å². The number of aromatic nitrogens is 2. The molecular weight excluding hydrogens is 466 g/mol. The van der Waals surface area contributed by atoms with E-state index in [-0.39, 0.29) is 45.3 Å². The minimum Gasteiger partial charge on any atom is -0.495 e. The second-order valence-electron chi connectivity index (χ2n) is 6.13. The molecule has 0 saturated carbocycles. The third-order valence-electron chi connectivity index (χ3n) is 4.21. The molecule has 0 unspecified atom stereocenters. The first-order valence-corrected chi connectivity index (χ1v) is 9.29. The van der Waals surface area contributed by atoms with Crippen LogP contribution in [-0.4, -0.2) is 27.7 Å². The molecule has 0 aliphatic carbocycles. The summed E-state index contributed by atoms with van der Waals surface area (Å²) < 4.78 is 38.6. The number of benzene rings is 2. The van der Waals surface area contributed by atoms with E-state index in [1.165, 1.54) is 42.9 Å². The molecule has 0 bridgehead atoms. The van der Waals surface area contributed by atoms with Crippen molar-refractivity contribution in [1.82, 2.24) is 9.55 Å². The van der Waals surface area contributed by atoms with Crippen LogP contribution >= 0.6 is 15.9 Å². The first kappa shape index (κ1) is 21.4. The molecule has 0 amide bonds. The van der Waals surface area contributed by atoms with E-state index >= 15 is 0 Å². The Labute approximate surface area is 177 Å². The van der Waals surface area contributed by atoms with Crippen LogP contribution in [0, 0.1) is 18.6 Å². The second-order valence-corrected chi connectivity index (χ2v) is 6.93. The van der Waals surface area contributed by atoms with Gasteiger partial charge in [0.15, 0.2) is 0 Å². The predicted octanol–water partition coefficient (Wildman–Crippen LogP) is 3.87. The molecule has 3 aromatic rings. The molecule has 0 aliphatic heterocycles. The van der Waals surface area contributed by atoms with Crippen molar-refractivity contribution in [2.45, 2.75) is 13.5 Å². The van der Waals surface area contributed by atoms with Gasteiger partial charge in [0, 0.05) is 11.6 Å². The number of methoxy groups -OCH3 is 1. The molecule has 1 heterocycles. The number of nitrogens with zero attached hydrogens (tertiary/aromatic N) is 2. The Morgan fingerprint density at radius 1 is 1.23 bits per heavy atom. The fourth-order valence-corrected chi connectivity index (χ4v) is 3.13. The molecule has 2 aromatic carbocycles. The zero-order valence-corrected chi connectivity index (χ0v) is 17.4. The normalized spacial score (nSPS) is 10.7. The Kier molecular flexibility index (Phi) is 6.16. The zero-order chi connectivity index (χ0) is 22.0. The van der Waals surface area contributed by atoms with Gasteiger partial charge in [-0.05, 0) is 53.2 Å². The number of carboxylic acids is 1. The minimum atomic E-state index is -1.17. The van der Waals surface area contributed by atoms with Crippen LogP contribution in [0.3, 0.4) is 0 Å². The molecular formula is C20H15BrF2N2O5. The maximum atomic E-state index is 13.8. The van der Waals surface area contributed by atoms with Crippen LogP contribution in [0.1, 0.15) is 21.7 Å². The minimum absolute atomic E-state index is 0.0414. The summed E-state index contributed by atoms with van der Waals surface area (Å²) in [4.78, 5) is 28.5. The van der Waals surface area contributed by atoms with Crippen LogP contribution in [-0.2, 0) is 6.61 Å². The molecule has 30 heavy (non-hydrogen) atoms. The monoisotopic (exact) mass is 480 g/mol. The van der Waals surface area contributed by atoms with Crippen molar-refractivity contribution in [1.29, 1.82) is 0 Å². The summed E-state index contributed by atoms with van der Waals surface area (Å²) in [7, 11) is 1.39. The van der Waals surface area contributed by atoms with Crippen molar-refractivity contribution in [2.24, 2.45) is 0 Å². The van der Waals surface area contributed by atoms with Crippen LogP contribution in [0.5, 0.6) is 11.6 Å². The fourth-order valence-electron chi connectivity index (χ4n) is 2.74. The molecule has 0 atom stereocenters. The molecule has 0 fully saturated rings. The largest absolute Gasteiger partial charge is 0.495 e. The van der Waals surface area contributed by atoms with Gasteiger partial charge in [0.1, 0.15) is 34.3 Å². The molecule has 0 saturated heterocycles. The number of carbonyl (C=O) groups is 1. The van der Waals surface area contributed by atoms with Crippen LogP contribution in [0.4, 0.5) is 8.78 Å². The predicted molar refractivity (Wildman–Crippen MR) is 106 cm³/mol.